The summed E-state index contributed by atoms with van der Waals surface area (Å²) in [7, 11) is 3.26. The van der Waals surface area contributed by atoms with Gasteiger partial charge in [0.2, 0.25) is 17.7 Å². The van der Waals surface area contributed by atoms with Crippen molar-refractivity contribution in [1.82, 2.24) is 15.1 Å². The lowest BCUT2D eigenvalue weighted by atomic mass is 10.2. The lowest BCUT2D eigenvalue weighted by Crippen LogP contribution is -2.42. The topological polar surface area (TPSA) is 125 Å². The Kier molecular flexibility index (Phi) is 4.67. The number of carbonyl (C=O) groups excluding carboxylic acids is 2. The molecule has 1 aromatic rings. The minimum absolute atomic E-state index is 0.183. The van der Waals surface area contributed by atoms with Crippen LogP contribution in [0.15, 0.2) is 6.07 Å². The van der Waals surface area contributed by atoms with Gasteiger partial charge >= 0.3 is 0 Å². The number of nitrogens with two attached hydrogens (primary N) is 2. The third kappa shape index (κ3) is 3.74. The fraction of sp³-hybridized carbons (Fsp3) is 0.500. The van der Waals surface area contributed by atoms with Gasteiger partial charge in [-0.15, -0.1) is 0 Å². The Bertz CT molecular complexity index is 443. The van der Waals surface area contributed by atoms with Crippen molar-refractivity contribution in [1.29, 1.82) is 0 Å². The van der Waals surface area contributed by atoms with Crippen molar-refractivity contribution in [3.8, 4) is 5.88 Å². The second kappa shape index (κ2) is 6.01. The van der Waals surface area contributed by atoms with Gasteiger partial charge in [0.15, 0.2) is 0 Å². The van der Waals surface area contributed by atoms with E-state index in [0.717, 1.165) is 0 Å². The highest BCUT2D eigenvalue weighted by atomic mass is 16.5. The Morgan fingerprint density at radius 1 is 1.61 bits per heavy atom. The third-order valence-corrected chi connectivity index (χ3v) is 2.30. The fourth-order valence-electron chi connectivity index (χ4n) is 1.40. The normalized spacial score (nSPS) is 11.9. The minimum atomic E-state index is -0.937. The molecule has 2 amide bonds. The summed E-state index contributed by atoms with van der Waals surface area (Å²) in [6, 6.07) is 0.757. The van der Waals surface area contributed by atoms with E-state index in [1.165, 1.54) is 7.11 Å². The molecular formula is C10H17N5O3. The van der Waals surface area contributed by atoms with Crippen LogP contribution in [0.1, 0.15) is 12.1 Å². The van der Waals surface area contributed by atoms with E-state index in [4.69, 9.17) is 16.2 Å². The summed E-state index contributed by atoms with van der Waals surface area (Å²) in [4.78, 5) is 22.1. The number of ether oxygens (including phenoxy) is 1. The van der Waals surface area contributed by atoms with Crippen molar-refractivity contribution >= 4 is 11.8 Å². The smallest absolute Gasteiger partial charge is 0.237 e. The summed E-state index contributed by atoms with van der Waals surface area (Å²) in [5, 5.41) is 6.68. The molecule has 1 rings (SSSR count). The Hall–Kier alpha value is -2.09. The molecule has 5 N–H and O–H groups in total. The maximum Gasteiger partial charge on any atom is 0.237 e. The second-order valence-corrected chi connectivity index (χ2v) is 3.80. The minimum Gasteiger partial charge on any atom is -0.481 e. The maximum absolute atomic E-state index is 11.5. The lowest BCUT2D eigenvalue weighted by molar-refractivity contribution is -0.126. The summed E-state index contributed by atoms with van der Waals surface area (Å²) in [5.41, 5.74) is 11.1. The molecule has 1 atom stereocenters. The Morgan fingerprint density at radius 2 is 2.28 bits per heavy atom. The molecule has 0 aliphatic rings. The van der Waals surface area contributed by atoms with E-state index in [2.05, 4.69) is 10.4 Å². The highest BCUT2D eigenvalue weighted by Gasteiger charge is 2.16. The number of aromatic nitrogens is 2. The third-order valence-electron chi connectivity index (χ3n) is 2.30. The van der Waals surface area contributed by atoms with Gasteiger partial charge in [-0.05, 0) is 0 Å². The van der Waals surface area contributed by atoms with E-state index in [1.807, 2.05) is 0 Å². The average molecular weight is 255 g/mol. The van der Waals surface area contributed by atoms with Gasteiger partial charge in [-0.2, -0.15) is 5.10 Å². The van der Waals surface area contributed by atoms with Crippen LogP contribution in [0, 0.1) is 0 Å². The van der Waals surface area contributed by atoms with Crippen LogP contribution in [0.3, 0.4) is 0 Å². The first kappa shape index (κ1) is 14.0. The zero-order valence-corrected chi connectivity index (χ0v) is 10.3. The SMILES string of the molecule is COc1cc(CNC(=O)C(N)CC(N)=O)nn1C. The number of aryl methyl sites for hydroxylation is 1. The molecular weight excluding hydrogens is 238 g/mol. The van der Waals surface area contributed by atoms with Crippen LogP contribution in [0.2, 0.25) is 0 Å². The van der Waals surface area contributed by atoms with Crippen molar-refractivity contribution < 1.29 is 14.3 Å². The molecule has 0 bridgehead atoms. The maximum atomic E-state index is 11.5. The number of methoxy groups -OCH3 is 1. The molecule has 100 valence electrons. The van der Waals surface area contributed by atoms with E-state index >= 15 is 0 Å². The van der Waals surface area contributed by atoms with E-state index in [9.17, 15) is 9.59 Å². The van der Waals surface area contributed by atoms with Crippen LogP contribution in [0.25, 0.3) is 0 Å². The summed E-state index contributed by atoms with van der Waals surface area (Å²) < 4.78 is 6.58. The number of rotatable bonds is 6. The number of amides is 2. The molecule has 0 saturated carbocycles. The number of nitrogens with one attached hydrogen (secondary N) is 1. The molecule has 0 aliphatic carbocycles. The fourth-order valence-corrected chi connectivity index (χ4v) is 1.40. The molecule has 0 aliphatic heterocycles. The van der Waals surface area contributed by atoms with Crippen LogP contribution in [-0.2, 0) is 23.2 Å². The first-order valence-electron chi connectivity index (χ1n) is 5.32. The Morgan fingerprint density at radius 3 is 2.78 bits per heavy atom. The molecule has 1 heterocycles. The predicted molar refractivity (Wildman–Crippen MR) is 63.4 cm³/mol. The van der Waals surface area contributed by atoms with Crippen LogP contribution in [0.4, 0.5) is 0 Å². The summed E-state index contributed by atoms with van der Waals surface area (Å²) in [5.74, 6) is -0.476. The molecule has 0 spiro atoms. The van der Waals surface area contributed by atoms with Crippen molar-refractivity contribution in [2.24, 2.45) is 18.5 Å². The highest BCUT2D eigenvalue weighted by Crippen LogP contribution is 2.10. The van der Waals surface area contributed by atoms with E-state index in [0.29, 0.717) is 11.6 Å². The van der Waals surface area contributed by atoms with Gasteiger partial charge in [0.25, 0.3) is 0 Å². The van der Waals surface area contributed by atoms with Crippen LogP contribution >= 0.6 is 0 Å². The first-order chi connectivity index (χ1) is 8.43. The largest absolute Gasteiger partial charge is 0.481 e. The predicted octanol–water partition coefficient (Wildman–Crippen LogP) is -1.75. The van der Waals surface area contributed by atoms with Crippen LogP contribution < -0.4 is 21.5 Å². The lowest BCUT2D eigenvalue weighted by Gasteiger charge is -2.09. The van der Waals surface area contributed by atoms with Gasteiger partial charge in [-0.3, -0.25) is 9.59 Å². The van der Waals surface area contributed by atoms with Gasteiger partial charge in [0.05, 0.1) is 31.8 Å². The quantitative estimate of drug-likeness (QED) is 0.555. The van der Waals surface area contributed by atoms with Crippen LogP contribution in [0.5, 0.6) is 5.88 Å². The number of carbonyl (C=O) groups is 2. The Balaban J connectivity index is 2.49. The van der Waals surface area contributed by atoms with Gasteiger partial charge < -0.3 is 21.5 Å². The van der Waals surface area contributed by atoms with Gasteiger partial charge in [-0.1, -0.05) is 0 Å². The number of hydrogen-bond acceptors (Lipinski definition) is 5. The molecule has 0 aromatic carbocycles. The number of hydrogen-bond donors (Lipinski definition) is 3. The second-order valence-electron chi connectivity index (χ2n) is 3.80. The molecule has 18 heavy (non-hydrogen) atoms. The van der Waals surface area contributed by atoms with Crippen molar-refractivity contribution in [2.45, 2.75) is 19.0 Å². The molecule has 8 heteroatoms. The average Bonchev–Trinajstić information content (AvgIpc) is 2.65. The summed E-state index contributed by atoms with van der Waals surface area (Å²) >= 11 is 0. The summed E-state index contributed by atoms with van der Waals surface area (Å²) in [6.45, 7) is 0.211. The monoisotopic (exact) mass is 255 g/mol. The van der Waals surface area contributed by atoms with Gasteiger partial charge in [0, 0.05) is 13.1 Å². The number of primary amides is 1. The van der Waals surface area contributed by atoms with Crippen LogP contribution in [-0.4, -0.2) is 34.7 Å². The van der Waals surface area contributed by atoms with Gasteiger partial charge in [0.1, 0.15) is 0 Å². The molecule has 8 nitrogen and oxygen atoms in total. The van der Waals surface area contributed by atoms with Crippen molar-refractivity contribution in [2.75, 3.05) is 7.11 Å². The van der Waals surface area contributed by atoms with Crippen molar-refractivity contribution in [3.05, 3.63) is 11.8 Å². The highest BCUT2D eigenvalue weighted by molar-refractivity contribution is 5.87. The van der Waals surface area contributed by atoms with Crippen molar-refractivity contribution in [3.63, 3.8) is 0 Å². The first-order valence-corrected chi connectivity index (χ1v) is 5.32. The molecule has 0 radical (unpaired) electrons. The standard InChI is InChI=1S/C10H17N5O3/c1-15-9(18-2)3-6(14-15)5-13-10(17)7(11)4-8(12)16/h3,7H,4-5,11H2,1-2H3,(H2,12,16)(H,13,17). The number of nitrogens with zero attached hydrogens (tertiary/aromatic N) is 2. The van der Waals surface area contributed by atoms with E-state index < -0.39 is 17.9 Å². The Labute approximate surface area is 104 Å². The zero-order valence-electron chi connectivity index (χ0n) is 10.3. The van der Waals surface area contributed by atoms with E-state index in [-0.39, 0.29) is 13.0 Å². The van der Waals surface area contributed by atoms with Gasteiger partial charge in [-0.25, -0.2) is 4.68 Å². The molecule has 0 saturated heterocycles. The molecule has 1 unspecified atom stereocenters. The summed E-state index contributed by atoms with van der Waals surface area (Å²) in [6.07, 6.45) is -0.183. The van der Waals surface area contributed by atoms with E-state index in [1.54, 1.807) is 17.8 Å². The molecule has 1 aromatic heterocycles. The zero-order chi connectivity index (χ0) is 13.7. The molecule has 0 fully saturated rings.